The van der Waals surface area contributed by atoms with Crippen molar-refractivity contribution in [2.45, 2.75) is 24.3 Å². The second-order valence-corrected chi connectivity index (χ2v) is 9.45. The number of fused-ring (bicyclic) bond motifs is 1. The molecular weight excluding hydrogens is 515 g/mol. The number of hydrogen-bond donors (Lipinski definition) is 1. The Balaban J connectivity index is 1.34. The quantitative estimate of drug-likeness (QED) is 0.340. The van der Waals surface area contributed by atoms with Crippen LogP contribution in [0.25, 0.3) is 5.69 Å². The van der Waals surface area contributed by atoms with Crippen molar-refractivity contribution < 1.29 is 22.8 Å². The van der Waals surface area contributed by atoms with E-state index in [4.69, 9.17) is 0 Å². The summed E-state index contributed by atoms with van der Waals surface area (Å²) in [7, 11) is 0. The number of carbonyl (C=O) groups excluding carboxylic acids is 2. The van der Waals surface area contributed by atoms with E-state index in [9.17, 15) is 22.8 Å². The largest absolute Gasteiger partial charge is 0.417 e. The number of benzene rings is 3. The molecule has 1 aliphatic heterocycles. The molecule has 7 nitrogen and oxygen atoms in total. The lowest BCUT2D eigenvalue weighted by Crippen LogP contribution is -2.30. The molecule has 1 aromatic heterocycles. The third-order valence-electron chi connectivity index (χ3n) is 6.11. The summed E-state index contributed by atoms with van der Waals surface area (Å²) in [5.74, 6) is -0.515. The summed E-state index contributed by atoms with van der Waals surface area (Å²) in [4.78, 5) is 27.5. The Morgan fingerprint density at radius 2 is 1.63 bits per heavy atom. The fourth-order valence-corrected chi connectivity index (χ4v) is 5.18. The van der Waals surface area contributed by atoms with Gasteiger partial charge in [-0.2, -0.15) is 13.2 Å². The average molecular weight is 538 g/mol. The van der Waals surface area contributed by atoms with Crippen LogP contribution in [0.3, 0.4) is 0 Å². The van der Waals surface area contributed by atoms with Crippen LogP contribution >= 0.6 is 11.8 Å². The minimum absolute atomic E-state index is 0.0684. The lowest BCUT2D eigenvalue weighted by Gasteiger charge is -2.17. The number of amides is 2. The molecule has 0 aliphatic carbocycles. The van der Waals surface area contributed by atoms with Crippen molar-refractivity contribution in [1.82, 2.24) is 20.1 Å². The molecule has 5 rings (SSSR count). The first-order chi connectivity index (χ1) is 18.3. The molecule has 0 radical (unpaired) electrons. The van der Waals surface area contributed by atoms with Gasteiger partial charge in [0.25, 0.3) is 5.91 Å². The van der Waals surface area contributed by atoms with Gasteiger partial charge in [0.1, 0.15) is 0 Å². The minimum Gasteiger partial charge on any atom is -0.345 e. The molecule has 2 heterocycles. The zero-order valence-corrected chi connectivity index (χ0v) is 20.8. The van der Waals surface area contributed by atoms with Crippen molar-refractivity contribution >= 4 is 29.3 Å². The van der Waals surface area contributed by atoms with Crippen LogP contribution in [0.5, 0.6) is 0 Å². The fraction of sp³-hybridized carbons (Fsp3) is 0.185. The Labute approximate surface area is 220 Å². The SMILES string of the molecule is O=C(NCc1nnc(SCC(=O)N2CCc3ccccc32)n1-c1ccccc1)c1ccccc1C(F)(F)F. The number of para-hydroxylation sites is 2. The van der Waals surface area contributed by atoms with Crippen LogP contribution in [-0.4, -0.2) is 38.9 Å². The standard InChI is InChI=1S/C27H22F3N5O2S/c28-27(29,30)21-12-6-5-11-20(21)25(37)31-16-23-32-33-26(35(23)19-9-2-1-3-10-19)38-17-24(36)34-15-14-18-8-4-7-13-22(18)34/h1-13H,14-17H2,(H,31,37). The van der Waals surface area contributed by atoms with Gasteiger partial charge >= 0.3 is 6.18 Å². The summed E-state index contributed by atoms with van der Waals surface area (Å²) in [5.41, 5.74) is 1.24. The number of alkyl halides is 3. The summed E-state index contributed by atoms with van der Waals surface area (Å²) in [6.45, 7) is 0.446. The van der Waals surface area contributed by atoms with Gasteiger partial charge in [-0.15, -0.1) is 10.2 Å². The van der Waals surface area contributed by atoms with Gasteiger partial charge in [0.15, 0.2) is 11.0 Å². The molecule has 11 heteroatoms. The highest BCUT2D eigenvalue weighted by atomic mass is 32.2. The van der Waals surface area contributed by atoms with Gasteiger partial charge in [-0.25, -0.2) is 0 Å². The second kappa shape index (κ2) is 10.7. The number of thioether (sulfide) groups is 1. The Bertz CT molecular complexity index is 1470. The second-order valence-electron chi connectivity index (χ2n) is 8.51. The highest BCUT2D eigenvalue weighted by molar-refractivity contribution is 7.99. The van der Waals surface area contributed by atoms with Gasteiger partial charge in [-0.3, -0.25) is 14.2 Å². The van der Waals surface area contributed by atoms with E-state index in [2.05, 4.69) is 15.5 Å². The maximum absolute atomic E-state index is 13.4. The third kappa shape index (κ3) is 5.28. The van der Waals surface area contributed by atoms with Crippen LogP contribution < -0.4 is 10.2 Å². The van der Waals surface area contributed by atoms with Crippen molar-refractivity contribution in [2.24, 2.45) is 0 Å². The van der Waals surface area contributed by atoms with Crippen LogP contribution in [0.15, 0.2) is 84.0 Å². The molecule has 4 aromatic rings. The number of rotatable bonds is 7. The van der Waals surface area contributed by atoms with Crippen LogP contribution in [0.1, 0.15) is 27.3 Å². The Kier molecular flexibility index (Phi) is 7.19. The molecule has 0 spiro atoms. The molecule has 194 valence electrons. The summed E-state index contributed by atoms with van der Waals surface area (Å²) in [6, 6.07) is 21.5. The van der Waals surface area contributed by atoms with Crippen LogP contribution in [-0.2, 0) is 23.9 Å². The average Bonchev–Trinajstić information content (AvgIpc) is 3.54. The molecule has 0 unspecified atom stereocenters. The van der Waals surface area contributed by atoms with Crippen LogP contribution in [0, 0.1) is 0 Å². The van der Waals surface area contributed by atoms with Gasteiger partial charge in [-0.05, 0) is 42.3 Å². The van der Waals surface area contributed by atoms with Gasteiger partial charge < -0.3 is 10.2 Å². The van der Waals surface area contributed by atoms with Gasteiger partial charge in [-0.1, -0.05) is 60.3 Å². The predicted molar refractivity (Wildman–Crippen MR) is 137 cm³/mol. The van der Waals surface area contributed by atoms with Crippen molar-refractivity contribution in [3.63, 3.8) is 0 Å². The van der Waals surface area contributed by atoms with Gasteiger partial charge in [0, 0.05) is 17.9 Å². The normalized spacial score (nSPS) is 12.9. The molecule has 0 atom stereocenters. The number of anilines is 1. The highest BCUT2D eigenvalue weighted by Crippen LogP contribution is 2.32. The fourth-order valence-electron chi connectivity index (χ4n) is 4.33. The first-order valence-electron chi connectivity index (χ1n) is 11.8. The van der Waals surface area contributed by atoms with E-state index in [-0.39, 0.29) is 18.2 Å². The molecule has 0 saturated heterocycles. The van der Waals surface area contributed by atoms with E-state index >= 15 is 0 Å². The van der Waals surface area contributed by atoms with Crippen LogP contribution in [0.4, 0.5) is 18.9 Å². The van der Waals surface area contributed by atoms with Gasteiger partial charge in [0.2, 0.25) is 5.91 Å². The molecule has 2 amide bonds. The first kappa shape index (κ1) is 25.5. The first-order valence-corrected chi connectivity index (χ1v) is 12.8. The molecule has 0 bridgehead atoms. The highest BCUT2D eigenvalue weighted by Gasteiger charge is 2.35. The number of nitrogens with zero attached hydrogens (tertiary/aromatic N) is 4. The molecule has 0 fully saturated rings. The summed E-state index contributed by atoms with van der Waals surface area (Å²) < 4.78 is 41.8. The molecule has 0 saturated carbocycles. The summed E-state index contributed by atoms with van der Waals surface area (Å²) in [5, 5.41) is 11.3. The van der Waals surface area contributed by atoms with E-state index in [1.165, 1.54) is 23.9 Å². The van der Waals surface area contributed by atoms with Gasteiger partial charge in [0.05, 0.1) is 23.4 Å². The topological polar surface area (TPSA) is 80.1 Å². The van der Waals surface area contributed by atoms with Crippen molar-refractivity contribution in [3.05, 3.63) is 101 Å². The molecule has 1 N–H and O–H groups in total. The van der Waals surface area contributed by atoms with E-state index in [1.54, 1.807) is 9.47 Å². The number of halogens is 3. The zero-order valence-electron chi connectivity index (χ0n) is 20.0. The smallest absolute Gasteiger partial charge is 0.345 e. The Morgan fingerprint density at radius 3 is 2.42 bits per heavy atom. The molecule has 38 heavy (non-hydrogen) atoms. The van der Waals surface area contributed by atoms with Crippen LogP contribution in [0.2, 0.25) is 0 Å². The van der Waals surface area contributed by atoms with E-state index in [0.29, 0.717) is 23.2 Å². The van der Waals surface area contributed by atoms with E-state index < -0.39 is 23.2 Å². The monoisotopic (exact) mass is 537 g/mol. The maximum atomic E-state index is 13.4. The number of hydrogen-bond acceptors (Lipinski definition) is 5. The van der Waals surface area contributed by atoms with E-state index in [0.717, 1.165) is 29.8 Å². The molecule has 1 aliphatic rings. The molecule has 3 aromatic carbocycles. The number of aromatic nitrogens is 3. The lowest BCUT2D eigenvalue weighted by atomic mass is 10.1. The number of nitrogens with one attached hydrogen (secondary N) is 1. The predicted octanol–water partition coefficient (Wildman–Crippen LogP) is 4.90. The lowest BCUT2D eigenvalue weighted by molar-refractivity contribution is -0.138. The Hall–Kier alpha value is -4.12. The Morgan fingerprint density at radius 1 is 0.921 bits per heavy atom. The minimum atomic E-state index is -4.66. The third-order valence-corrected chi connectivity index (χ3v) is 7.03. The zero-order chi connectivity index (χ0) is 26.7. The summed E-state index contributed by atoms with van der Waals surface area (Å²) in [6.07, 6.45) is -3.86. The molecular formula is C27H22F3N5O2S. The van der Waals surface area contributed by atoms with Crippen molar-refractivity contribution in [2.75, 3.05) is 17.2 Å². The maximum Gasteiger partial charge on any atom is 0.417 e. The van der Waals surface area contributed by atoms with Crippen molar-refractivity contribution in [3.8, 4) is 5.69 Å². The van der Waals surface area contributed by atoms with Crippen molar-refractivity contribution in [1.29, 1.82) is 0 Å². The summed E-state index contributed by atoms with van der Waals surface area (Å²) >= 11 is 1.21. The van der Waals surface area contributed by atoms with E-state index in [1.807, 2.05) is 54.6 Å². The number of carbonyl (C=O) groups is 2.